The van der Waals surface area contributed by atoms with Gasteiger partial charge in [0.05, 0.1) is 0 Å². The Kier molecular flexibility index (Phi) is 5.60. The van der Waals surface area contributed by atoms with E-state index in [0.29, 0.717) is 5.41 Å². The van der Waals surface area contributed by atoms with Crippen molar-refractivity contribution < 1.29 is 4.79 Å². The second-order valence-electron chi connectivity index (χ2n) is 6.55. The maximum Gasteiger partial charge on any atom is 0.139 e. The fraction of sp³-hybridized carbons (Fsp3) is 0.562. The molecule has 0 amide bonds. The second-order valence-corrected chi connectivity index (χ2v) is 6.55. The molecule has 0 unspecified atom stereocenters. The monoisotopic (exact) mass is 234 g/mol. The highest BCUT2D eigenvalue weighted by Gasteiger charge is 2.25. The molecule has 0 spiro atoms. The van der Waals surface area contributed by atoms with E-state index in [1.54, 1.807) is 6.92 Å². The maximum atomic E-state index is 11.3. The van der Waals surface area contributed by atoms with Crippen LogP contribution in [0.2, 0.25) is 0 Å². The first-order valence-corrected chi connectivity index (χ1v) is 6.11. The molecule has 1 heteroatoms. The van der Waals surface area contributed by atoms with Crippen molar-refractivity contribution >= 4 is 5.78 Å². The normalized spacial score (nSPS) is 11.5. The van der Waals surface area contributed by atoms with Crippen LogP contribution in [-0.4, -0.2) is 5.78 Å². The van der Waals surface area contributed by atoms with Gasteiger partial charge in [-0.15, -0.1) is 0 Å². The van der Waals surface area contributed by atoms with Crippen LogP contribution in [-0.2, 0) is 10.2 Å². The van der Waals surface area contributed by atoms with Crippen molar-refractivity contribution in [3.8, 4) is 0 Å². The van der Waals surface area contributed by atoms with Crippen LogP contribution in [0.5, 0.6) is 0 Å². The van der Waals surface area contributed by atoms with E-state index in [4.69, 9.17) is 0 Å². The lowest BCUT2D eigenvalue weighted by Crippen LogP contribution is -2.26. The molecule has 0 aliphatic heterocycles. The molecule has 0 N–H and O–H groups in total. The average molecular weight is 234 g/mol. The van der Waals surface area contributed by atoms with Crippen molar-refractivity contribution in [1.29, 1.82) is 0 Å². The van der Waals surface area contributed by atoms with Crippen molar-refractivity contribution in [3.63, 3.8) is 0 Å². The topological polar surface area (TPSA) is 17.1 Å². The van der Waals surface area contributed by atoms with Crippen molar-refractivity contribution in [2.24, 2.45) is 5.41 Å². The first-order chi connectivity index (χ1) is 7.55. The smallest absolute Gasteiger partial charge is 0.139 e. The molecule has 0 bridgehead atoms. The SMILES string of the molecule is CC(=O)C(C)(C)c1ccccc1.CC(C)(C)C. The number of carbonyl (C=O) groups is 1. The fourth-order valence-corrected chi connectivity index (χ4v) is 1.06. The van der Waals surface area contributed by atoms with E-state index < -0.39 is 0 Å². The molecule has 0 atom stereocenters. The van der Waals surface area contributed by atoms with Crippen LogP contribution < -0.4 is 0 Å². The van der Waals surface area contributed by atoms with E-state index in [0.717, 1.165) is 5.56 Å². The van der Waals surface area contributed by atoms with Crippen LogP contribution in [0.3, 0.4) is 0 Å². The minimum Gasteiger partial charge on any atom is -0.299 e. The number of benzene rings is 1. The van der Waals surface area contributed by atoms with E-state index >= 15 is 0 Å². The molecule has 0 heterocycles. The Hall–Kier alpha value is -1.11. The number of rotatable bonds is 2. The quantitative estimate of drug-likeness (QED) is 0.730. The molecule has 1 aromatic rings. The molecule has 0 aromatic heterocycles. The lowest BCUT2D eigenvalue weighted by atomic mass is 9.81. The van der Waals surface area contributed by atoms with E-state index in [1.807, 2.05) is 44.2 Å². The second kappa shape index (κ2) is 6.00. The van der Waals surface area contributed by atoms with Gasteiger partial charge < -0.3 is 0 Å². The number of ketones is 1. The van der Waals surface area contributed by atoms with Gasteiger partial charge in [0.25, 0.3) is 0 Å². The van der Waals surface area contributed by atoms with Gasteiger partial charge in [0.15, 0.2) is 0 Å². The molecular weight excluding hydrogens is 208 g/mol. The Morgan fingerprint density at radius 2 is 1.24 bits per heavy atom. The Morgan fingerprint density at radius 1 is 0.882 bits per heavy atom. The third-order valence-corrected chi connectivity index (χ3v) is 2.38. The van der Waals surface area contributed by atoms with Crippen LogP contribution in [0.25, 0.3) is 0 Å². The zero-order valence-corrected chi connectivity index (χ0v) is 12.3. The standard InChI is InChI=1S/C11H14O.C5H12/c1-9(12)11(2,3)10-7-5-4-6-8-10;1-5(2,3)4/h4-8H,1-3H3;1-4H3. The maximum absolute atomic E-state index is 11.3. The van der Waals surface area contributed by atoms with Gasteiger partial charge in [-0.05, 0) is 31.7 Å². The first-order valence-electron chi connectivity index (χ1n) is 6.11. The van der Waals surface area contributed by atoms with Crippen LogP contribution >= 0.6 is 0 Å². The molecule has 1 aromatic carbocycles. The van der Waals surface area contributed by atoms with E-state index in [-0.39, 0.29) is 11.2 Å². The summed E-state index contributed by atoms with van der Waals surface area (Å²) in [4.78, 5) is 11.3. The Labute approximate surface area is 106 Å². The van der Waals surface area contributed by atoms with Crippen LogP contribution in [0.15, 0.2) is 30.3 Å². The number of hydrogen-bond acceptors (Lipinski definition) is 1. The summed E-state index contributed by atoms with van der Waals surface area (Å²) in [5.74, 6) is 0.203. The molecule has 0 saturated carbocycles. The molecule has 0 fully saturated rings. The molecule has 0 radical (unpaired) electrons. The van der Waals surface area contributed by atoms with Crippen molar-refractivity contribution in [3.05, 3.63) is 35.9 Å². The largest absolute Gasteiger partial charge is 0.299 e. The average Bonchev–Trinajstić information content (AvgIpc) is 2.16. The van der Waals surface area contributed by atoms with Gasteiger partial charge in [0, 0.05) is 5.41 Å². The van der Waals surface area contributed by atoms with Crippen molar-refractivity contribution in [1.82, 2.24) is 0 Å². The molecule has 1 nitrogen and oxygen atoms in total. The predicted octanol–water partition coefficient (Wildman–Crippen LogP) is 4.61. The van der Waals surface area contributed by atoms with Gasteiger partial charge in [-0.25, -0.2) is 0 Å². The predicted molar refractivity (Wildman–Crippen MR) is 75.3 cm³/mol. The summed E-state index contributed by atoms with van der Waals surface area (Å²) >= 11 is 0. The van der Waals surface area contributed by atoms with Crippen molar-refractivity contribution in [2.75, 3.05) is 0 Å². The van der Waals surface area contributed by atoms with E-state index in [9.17, 15) is 4.79 Å². The lowest BCUT2D eigenvalue weighted by molar-refractivity contribution is -0.121. The molecule has 0 saturated heterocycles. The highest BCUT2D eigenvalue weighted by Crippen LogP contribution is 2.23. The number of carbonyl (C=O) groups excluding carboxylic acids is 1. The molecule has 17 heavy (non-hydrogen) atoms. The summed E-state index contributed by atoms with van der Waals surface area (Å²) in [6, 6.07) is 9.85. The van der Waals surface area contributed by atoms with Crippen molar-refractivity contribution in [2.45, 2.75) is 53.9 Å². The fourth-order valence-electron chi connectivity index (χ4n) is 1.06. The number of hydrogen-bond donors (Lipinski definition) is 0. The molecular formula is C16H26O. The third-order valence-electron chi connectivity index (χ3n) is 2.38. The van der Waals surface area contributed by atoms with E-state index in [1.165, 1.54) is 0 Å². The van der Waals surface area contributed by atoms with Crippen LogP contribution in [0.1, 0.15) is 54.0 Å². The Bertz CT molecular complexity index is 336. The lowest BCUT2D eigenvalue weighted by Gasteiger charge is -2.21. The highest BCUT2D eigenvalue weighted by molar-refractivity contribution is 5.86. The highest BCUT2D eigenvalue weighted by atomic mass is 16.1. The minimum absolute atomic E-state index is 0.203. The van der Waals surface area contributed by atoms with Gasteiger partial charge in [-0.1, -0.05) is 58.0 Å². The molecule has 0 aliphatic rings. The van der Waals surface area contributed by atoms with Gasteiger partial charge in [-0.2, -0.15) is 0 Å². The first kappa shape index (κ1) is 15.9. The number of Topliss-reactive ketones (excluding diaryl/α,β-unsaturated/α-hetero) is 1. The summed E-state index contributed by atoms with van der Waals surface area (Å²) in [7, 11) is 0. The minimum atomic E-state index is -0.346. The summed E-state index contributed by atoms with van der Waals surface area (Å²) in [5, 5.41) is 0. The molecule has 1 rings (SSSR count). The summed E-state index contributed by atoms with van der Waals surface area (Å²) < 4.78 is 0. The van der Waals surface area contributed by atoms with Gasteiger partial charge in [-0.3, -0.25) is 4.79 Å². The van der Waals surface area contributed by atoms with Gasteiger partial charge >= 0.3 is 0 Å². The zero-order chi connectivity index (χ0) is 13.7. The van der Waals surface area contributed by atoms with E-state index in [2.05, 4.69) is 27.7 Å². The van der Waals surface area contributed by atoms with Gasteiger partial charge in [0.1, 0.15) is 5.78 Å². The summed E-state index contributed by atoms with van der Waals surface area (Å²) in [6.45, 7) is 14.3. The Balaban J connectivity index is 0.000000437. The third kappa shape index (κ3) is 6.93. The zero-order valence-electron chi connectivity index (χ0n) is 12.3. The summed E-state index contributed by atoms with van der Waals surface area (Å²) in [5.41, 5.74) is 1.24. The van der Waals surface area contributed by atoms with Gasteiger partial charge in [0.2, 0.25) is 0 Å². The van der Waals surface area contributed by atoms with Crippen LogP contribution in [0, 0.1) is 5.41 Å². The van der Waals surface area contributed by atoms with Crippen LogP contribution in [0.4, 0.5) is 0 Å². The summed E-state index contributed by atoms with van der Waals surface area (Å²) in [6.07, 6.45) is 0. The Morgan fingerprint density at radius 3 is 1.53 bits per heavy atom. The molecule has 0 aliphatic carbocycles. The molecule has 96 valence electrons.